The highest BCUT2D eigenvalue weighted by atomic mass is 79.9. The van der Waals surface area contributed by atoms with Gasteiger partial charge >= 0.3 is 0 Å². The van der Waals surface area contributed by atoms with E-state index < -0.39 is 0 Å². The van der Waals surface area contributed by atoms with Gasteiger partial charge in [0.15, 0.2) is 0 Å². The first-order chi connectivity index (χ1) is 6.97. The Bertz CT molecular complexity index is 307. The first-order valence-electron chi connectivity index (χ1n) is 5.11. The van der Waals surface area contributed by atoms with E-state index >= 15 is 0 Å². The van der Waals surface area contributed by atoms with E-state index in [9.17, 15) is 0 Å². The first kappa shape index (κ1) is 12.5. The maximum absolute atomic E-state index is 5.59. The van der Waals surface area contributed by atoms with Crippen LogP contribution in [0.1, 0.15) is 20.8 Å². The molecular weight excluding hydrogens is 254 g/mol. The zero-order chi connectivity index (χ0) is 11.3. The maximum Gasteiger partial charge on any atom is 0.120 e. The predicted molar refractivity (Wildman–Crippen MR) is 67.4 cm³/mol. The fourth-order valence-electron chi connectivity index (χ4n) is 1.15. The van der Waals surface area contributed by atoms with Gasteiger partial charge in [-0.25, -0.2) is 0 Å². The largest absolute Gasteiger partial charge is 0.492 e. The van der Waals surface area contributed by atoms with Crippen molar-refractivity contribution in [2.75, 3.05) is 13.2 Å². The summed E-state index contributed by atoms with van der Waals surface area (Å²) >= 11 is 3.41. The molecule has 0 radical (unpaired) electrons. The Labute approximate surface area is 100 Å². The van der Waals surface area contributed by atoms with Crippen LogP contribution in [0.5, 0.6) is 5.75 Å². The predicted octanol–water partition coefficient (Wildman–Crippen LogP) is 3.22. The summed E-state index contributed by atoms with van der Waals surface area (Å²) in [6, 6.07) is 7.88. The van der Waals surface area contributed by atoms with Crippen LogP contribution in [0.2, 0.25) is 0 Å². The van der Waals surface area contributed by atoms with Gasteiger partial charge in [-0.1, -0.05) is 22.0 Å². The van der Waals surface area contributed by atoms with Crippen molar-refractivity contribution in [1.82, 2.24) is 5.32 Å². The minimum absolute atomic E-state index is 0.153. The fourth-order valence-corrected chi connectivity index (χ4v) is 1.53. The summed E-state index contributed by atoms with van der Waals surface area (Å²) in [6.07, 6.45) is 0. The molecule has 0 spiro atoms. The average Bonchev–Trinajstić information content (AvgIpc) is 2.11. The van der Waals surface area contributed by atoms with Gasteiger partial charge in [-0.3, -0.25) is 0 Å². The second kappa shape index (κ2) is 5.52. The lowest BCUT2D eigenvalue weighted by Gasteiger charge is -2.20. The molecule has 0 saturated heterocycles. The van der Waals surface area contributed by atoms with E-state index in [1.165, 1.54) is 0 Å². The molecular formula is C12H18BrNO. The quantitative estimate of drug-likeness (QED) is 0.850. The third-order valence-electron chi connectivity index (χ3n) is 1.82. The minimum atomic E-state index is 0.153. The van der Waals surface area contributed by atoms with Crippen LogP contribution in [-0.2, 0) is 0 Å². The van der Waals surface area contributed by atoms with Crippen LogP contribution in [0.15, 0.2) is 28.7 Å². The van der Waals surface area contributed by atoms with Gasteiger partial charge in [0, 0.05) is 16.6 Å². The van der Waals surface area contributed by atoms with Crippen molar-refractivity contribution in [3.63, 3.8) is 0 Å². The molecule has 1 aromatic carbocycles. The highest BCUT2D eigenvalue weighted by molar-refractivity contribution is 9.10. The van der Waals surface area contributed by atoms with Crippen molar-refractivity contribution in [3.8, 4) is 5.75 Å². The molecule has 0 atom stereocenters. The number of benzene rings is 1. The van der Waals surface area contributed by atoms with Crippen LogP contribution >= 0.6 is 15.9 Å². The fraction of sp³-hybridized carbons (Fsp3) is 0.500. The maximum atomic E-state index is 5.59. The van der Waals surface area contributed by atoms with Gasteiger partial charge in [-0.2, -0.15) is 0 Å². The summed E-state index contributed by atoms with van der Waals surface area (Å²) < 4.78 is 6.63. The Morgan fingerprint density at radius 1 is 1.33 bits per heavy atom. The van der Waals surface area contributed by atoms with Gasteiger partial charge in [0.25, 0.3) is 0 Å². The molecule has 15 heavy (non-hydrogen) atoms. The molecule has 0 heterocycles. The Hall–Kier alpha value is -0.540. The molecule has 1 rings (SSSR count). The lowest BCUT2D eigenvalue weighted by Crippen LogP contribution is -2.38. The number of nitrogens with one attached hydrogen (secondary N) is 1. The van der Waals surface area contributed by atoms with E-state index in [1.807, 2.05) is 24.3 Å². The third-order valence-corrected chi connectivity index (χ3v) is 2.32. The van der Waals surface area contributed by atoms with Gasteiger partial charge in [0.05, 0.1) is 0 Å². The van der Waals surface area contributed by atoms with Crippen LogP contribution in [0.4, 0.5) is 0 Å². The van der Waals surface area contributed by atoms with Crippen molar-refractivity contribution in [1.29, 1.82) is 0 Å². The van der Waals surface area contributed by atoms with E-state index in [2.05, 4.69) is 42.0 Å². The second-order valence-corrected chi connectivity index (χ2v) is 5.40. The van der Waals surface area contributed by atoms with E-state index in [0.29, 0.717) is 6.61 Å². The first-order valence-corrected chi connectivity index (χ1v) is 5.90. The molecule has 0 amide bonds. The van der Waals surface area contributed by atoms with Crippen molar-refractivity contribution in [3.05, 3.63) is 28.7 Å². The molecule has 3 heteroatoms. The zero-order valence-corrected chi connectivity index (χ0v) is 11.1. The summed E-state index contributed by atoms with van der Waals surface area (Å²) in [5, 5.41) is 3.37. The number of rotatable bonds is 4. The zero-order valence-electron chi connectivity index (χ0n) is 9.51. The summed E-state index contributed by atoms with van der Waals surface area (Å²) in [6.45, 7) is 7.98. The normalized spacial score (nSPS) is 11.5. The highest BCUT2D eigenvalue weighted by Crippen LogP contribution is 2.17. The van der Waals surface area contributed by atoms with Crippen molar-refractivity contribution in [2.45, 2.75) is 26.3 Å². The molecule has 0 unspecified atom stereocenters. The number of halogens is 1. The van der Waals surface area contributed by atoms with Crippen LogP contribution < -0.4 is 10.1 Å². The standard InChI is InChI=1S/C12H18BrNO/c1-12(2,3)14-7-8-15-11-6-4-5-10(13)9-11/h4-6,9,14H,7-8H2,1-3H3. The van der Waals surface area contributed by atoms with Gasteiger partial charge in [0.1, 0.15) is 12.4 Å². The highest BCUT2D eigenvalue weighted by Gasteiger charge is 2.07. The van der Waals surface area contributed by atoms with Crippen molar-refractivity contribution < 1.29 is 4.74 Å². The topological polar surface area (TPSA) is 21.3 Å². The summed E-state index contributed by atoms with van der Waals surface area (Å²) in [7, 11) is 0. The van der Waals surface area contributed by atoms with Gasteiger partial charge < -0.3 is 10.1 Å². The Kier molecular flexibility index (Phi) is 4.61. The number of hydrogen-bond acceptors (Lipinski definition) is 2. The molecule has 1 N–H and O–H groups in total. The van der Waals surface area contributed by atoms with Gasteiger partial charge in [0.2, 0.25) is 0 Å². The Morgan fingerprint density at radius 3 is 2.67 bits per heavy atom. The average molecular weight is 272 g/mol. The molecule has 0 aliphatic heterocycles. The monoisotopic (exact) mass is 271 g/mol. The minimum Gasteiger partial charge on any atom is -0.492 e. The van der Waals surface area contributed by atoms with E-state index in [-0.39, 0.29) is 5.54 Å². The Balaban J connectivity index is 2.26. The molecule has 84 valence electrons. The van der Waals surface area contributed by atoms with E-state index in [1.54, 1.807) is 0 Å². The van der Waals surface area contributed by atoms with Crippen LogP contribution in [0.25, 0.3) is 0 Å². The smallest absolute Gasteiger partial charge is 0.120 e. The molecule has 0 saturated carbocycles. The number of ether oxygens (including phenoxy) is 1. The Morgan fingerprint density at radius 2 is 2.07 bits per heavy atom. The molecule has 1 aromatic rings. The molecule has 0 aliphatic rings. The van der Waals surface area contributed by atoms with Crippen molar-refractivity contribution >= 4 is 15.9 Å². The van der Waals surface area contributed by atoms with Crippen LogP contribution in [0, 0.1) is 0 Å². The summed E-state index contributed by atoms with van der Waals surface area (Å²) in [5.74, 6) is 0.903. The molecule has 0 aromatic heterocycles. The second-order valence-electron chi connectivity index (χ2n) is 4.48. The SMILES string of the molecule is CC(C)(C)NCCOc1cccc(Br)c1. The van der Waals surface area contributed by atoms with Gasteiger partial charge in [-0.15, -0.1) is 0 Å². The molecule has 0 aliphatic carbocycles. The van der Waals surface area contributed by atoms with E-state index in [0.717, 1.165) is 16.8 Å². The number of hydrogen-bond donors (Lipinski definition) is 1. The summed E-state index contributed by atoms with van der Waals surface area (Å²) in [5.41, 5.74) is 0.153. The molecule has 0 fully saturated rings. The van der Waals surface area contributed by atoms with E-state index in [4.69, 9.17) is 4.74 Å². The van der Waals surface area contributed by atoms with Crippen LogP contribution in [0.3, 0.4) is 0 Å². The molecule has 2 nitrogen and oxygen atoms in total. The third kappa shape index (κ3) is 5.80. The summed E-state index contributed by atoms with van der Waals surface area (Å²) in [4.78, 5) is 0. The van der Waals surface area contributed by atoms with Crippen LogP contribution in [-0.4, -0.2) is 18.7 Å². The van der Waals surface area contributed by atoms with Gasteiger partial charge in [-0.05, 0) is 39.0 Å². The van der Waals surface area contributed by atoms with Crippen molar-refractivity contribution in [2.24, 2.45) is 0 Å². The molecule has 0 bridgehead atoms. The lowest BCUT2D eigenvalue weighted by atomic mass is 10.1. The lowest BCUT2D eigenvalue weighted by molar-refractivity contribution is 0.291.